The fourth-order valence-corrected chi connectivity index (χ4v) is 6.22. The molecule has 43 heavy (non-hydrogen) atoms. The smallest absolute Gasteiger partial charge is 0.264 e. The summed E-state index contributed by atoms with van der Waals surface area (Å²) < 4.78 is 68.7. The van der Waals surface area contributed by atoms with Gasteiger partial charge in [0.2, 0.25) is 14.6 Å². The molecule has 14 heteroatoms. The molecule has 3 atom stereocenters. The highest BCUT2D eigenvalue weighted by Crippen LogP contribution is 2.40. The topological polar surface area (TPSA) is 116 Å². The van der Waals surface area contributed by atoms with E-state index in [4.69, 9.17) is 27.9 Å². The molecule has 0 amide bonds. The highest BCUT2D eigenvalue weighted by atomic mass is 32.2. The van der Waals surface area contributed by atoms with E-state index in [1.165, 1.54) is 4.68 Å². The zero-order valence-electron chi connectivity index (χ0n) is 26.2. The lowest BCUT2D eigenvalue weighted by Gasteiger charge is -2.36. The summed E-state index contributed by atoms with van der Waals surface area (Å²) in [5, 5.41) is 10.1. The molecule has 3 aromatic rings. The van der Waals surface area contributed by atoms with Crippen molar-refractivity contribution in [2.24, 2.45) is 0 Å². The molecule has 0 saturated carbocycles. The lowest BCUT2D eigenvalue weighted by atomic mass is 10.1. The first-order valence-corrected chi connectivity index (χ1v) is 19.4. The third-order valence-electron chi connectivity index (χ3n) is 7.77. The number of hydrogen-bond donors (Lipinski definition) is 0. The second-order valence-corrected chi connectivity index (χ2v) is 18.9. The van der Waals surface area contributed by atoms with Crippen LogP contribution in [-0.4, -0.2) is 81.7 Å². The lowest BCUT2D eigenvalue weighted by Crippen LogP contribution is -2.43. The van der Waals surface area contributed by atoms with Crippen LogP contribution in [0.25, 0.3) is 22.2 Å². The molecule has 11 nitrogen and oxygen atoms in total. The van der Waals surface area contributed by atoms with Crippen LogP contribution < -0.4 is 4.43 Å². The molecule has 2 unspecified atom stereocenters. The Morgan fingerprint density at radius 1 is 1.16 bits per heavy atom. The molecule has 0 bridgehead atoms. The maximum Gasteiger partial charge on any atom is 0.264 e. The van der Waals surface area contributed by atoms with Gasteiger partial charge in [-0.15, -0.1) is 0 Å². The second kappa shape index (κ2) is 13.7. The molecular weight excluding hydrogens is 595 g/mol. The van der Waals surface area contributed by atoms with Crippen molar-refractivity contribution in [2.45, 2.75) is 83.7 Å². The Morgan fingerprint density at radius 2 is 1.88 bits per heavy atom. The normalized spacial score (nSPS) is 18.2. The van der Waals surface area contributed by atoms with E-state index in [1.54, 1.807) is 19.3 Å². The highest BCUT2D eigenvalue weighted by Gasteiger charge is 2.39. The van der Waals surface area contributed by atoms with Crippen molar-refractivity contribution in [3.8, 4) is 17.0 Å². The average Bonchev–Trinajstić information content (AvgIpc) is 3.54. The Labute approximate surface area is 254 Å². The second-order valence-electron chi connectivity index (χ2n) is 12.6. The number of nitrogens with zero attached hydrogens (tertiary/aromatic N) is 4. The summed E-state index contributed by atoms with van der Waals surface area (Å²) in [6.07, 6.45) is 4.87. The van der Waals surface area contributed by atoms with Gasteiger partial charge in [-0.05, 0) is 62.5 Å². The van der Waals surface area contributed by atoms with Gasteiger partial charge in [-0.25, -0.2) is 13.8 Å². The first-order chi connectivity index (χ1) is 20.1. The van der Waals surface area contributed by atoms with Crippen molar-refractivity contribution in [3.63, 3.8) is 0 Å². The number of aromatic nitrogens is 4. The zero-order valence-corrected chi connectivity index (χ0v) is 28.0. The van der Waals surface area contributed by atoms with Gasteiger partial charge in [0.05, 0.1) is 50.5 Å². The van der Waals surface area contributed by atoms with Crippen molar-refractivity contribution >= 4 is 29.3 Å². The number of rotatable bonds is 14. The van der Waals surface area contributed by atoms with Gasteiger partial charge in [0, 0.05) is 23.8 Å². The summed E-state index contributed by atoms with van der Waals surface area (Å²) in [5.41, 5.74) is 2.28. The van der Waals surface area contributed by atoms with Crippen molar-refractivity contribution in [2.75, 3.05) is 39.3 Å². The first-order valence-electron chi connectivity index (χ1n) is 14.7. The van der Waals surface area contributed by atoms with Crippen LogP contribution in [-0.2, 0) is 28.5 Å². The fourth-order valence-electron chi connectivity index (χ4n) is 4.54. The lowest BCUT2D eigenvalue weighted by molar-refractivity contribution is -0.0365. The monoisotopic (exact) mass is 640 g/mol. The third-order valence-corrected chi connectivity index (χ3v) is 12.8. The van der Waals surface area contributed by atoms with Crippen LogP contribution in [0, 0.1) is 0 Å². The van der Waals surface area contributed by atoms with Crippen molar-refractivity contribution < 1.29 is 35.6 Å². The van der Waals surface area contributed by atoms with Crippen molar-refractivity contribution in [3.05, 3.63) is 30.6 Å². The van der Waals surface area contributed by atoms with Crippen LogP contribution in [0.4, 0.5) is 4.39 Å². The van der Waals surface area contributed by atoms with Crippen LogP contribution in [0.15, 0.2) is 30.6 Å². The van der Waals surface area contributed by atoms with Gasteiger partial charge in [-0.1, -0.05) is 20.8 Å². The molecule has 1 aliphatic rings. The summed E-state index contributed by atoms with van der Waals surface area (Å²) >= 11 is 0. The summed E-state index contributed by atoms with van der Waals surface area (Å²) in [4.78, 5) is 0. The molecule has 1 aromatic carbocycles. The van der Waals surface area contributed by atoms with Gasteiger partial charge in [-0.2, -0.15) is 18.6 Å². The van der Waals surface area contributed by atoms with Gasteiger partial charge < -0.3 is 18.6 Å². The fraction of sp³-hybridized carbons (Fsp3) is 0.655. The summed E-state index contributed by atoms with van der Waals surface area (Å²) in [7, 11) is -5.62. The predicted octanol–water partition coefficient (Wildman–Crippen LogP) is 5.85. The Kier molecular flexibility index (Phi) is 10.7. The molecule has 2 aromatic heterocycles. The molecule has 1 aliphatic heterocycles. The molecule has 0 radical (unpaired) electrons. The zero-order chi connectivity index (χ0) is 31.4. The molecule has 1 saturated heterocycles. The number of benzene rings is 1. The number of ether oxygens (including phenoxy) is 3. The van der Waals surface area contributed by atoms with E-state index in [-0.39, 0.29) is 37.7 Å². The molecule has 0 spiro atoms. The average molecular weight is 641 g/mol. The minimum absolute atomic E-state index is 0.0431. The van der Waals surface area contributed by atoms with E-state index < -0.39 is 30.8 Å². The maximum atomic E-state index is 15.0. The van der Waals surface area contributed by atoms with E-state index >= 15 is 4.39 Å². The third kappa shape index (κ3) is 8.85. The van der Waals surface area contributed by atoms with Crippen molar-refractivity contribution in [1.82, 2.24) is 19.6 Å². The number of fused-ring (bicyclic) bond motifs is 1. The van der Waals surface area contributed by atoms with Gasteiger partial charge in [-0.3, -0.25) is 4.18 Å². The Bertz CT molecular complexity index is 1470. The van der Waals surface area contributed by atoms with Crippen LogP contribution in [0.5, 0.6) is 5.75 Å². The highest BCUT2D eigenvalue weighted by molar-refractivity contribution is 7.86. The van der Waals surface area contributed by atoms with Gasteiger partial charge in [0.15, 0.2) is 6.23 Å². The van der Waals surface area contributed by atoms with Crippen LogP contribution in [0.2, 0.25) is 18.1 Å². The number of halogens is 1. The Morgan fingerprint density at radius 3 is 2.53 bits per heavy atom. The molecule has 4 rings (SSSR count). The molecule has 3 heterocycles. The molecular formula is C29H45FN4O7SSi. The van der Waals surface area contributed by atoms with E-state index in [0.29, 0.717) is 17.9 Å². The SMILES string of the molecule is C[C@@H](COCCOCC(F)n1cc(-c2nn(C3CCCCO3)c3ccc(O[Si](C)(C)C(C)(C)C)cc23)cn1)OS(C)(=O)=O. The summed E-state index contributed by atoms with van der Waals surface area (Å²) in [6.45, 7) is 13.5. The van der Waals surface area contributed by atoms with E-state index in [0.717, 1.165) is 42.2 Å². The number of alkyl halides is 1. The maximum absolute atomic E-state index is 15.0. The Hall–Kier alpha value is -2.36. The van der Waals surface area contributed by atoms with Gasteiger partial charge in [0.25, 0.3) is 10.1 Å². The quantitative estimate of drug-likeness (QED) is 0.122. The molecule has 0 N–H and O–H groups in total. The Balaban J connectivity index is 1.47. The van der Waals surface area contributed by atoms with Crippen LogP contribution in [0.3, 0.4) is 0 Å². The summed E-state index contributed by atoms with van der Waals surface area (Å²) in [6, 6.07) is 6.04. The van der Waals surface area contributed by atoms with Gasteiger partial charge in [0.1, 0.15) is 11.4 Å². The minimum atomic E-state index is -3.55. The summed E-state index contributed by atoms with van der Waals surface area (Å²) in [5.74, 6) is 0.785. The van der Waals surface area contributed by atoms with Gasteiger partial charge >= 0.3 is 0 Å². The minimum Gasteiger partial charge on any atom is -0.543 e. The first kappa shape index (κ1) is 33.5. The molecule has 1 fully saturated rings. The standard InChI is InChI=1S/C29H45FN4O7SSi/c1-21(40-42(5,35)36)19-37-14-15-38-20-26(30)33-18-22(17-31-33)28-24-16-23(41-43(6,7)29(2,3)4)11-12-25(24)34(32-28)27-10-8-9-13-39-27/h11-12,16-18,21,26-27H,8-10,13-15,19-20H2,1-7H3/t21-,26?,27?/m0/s1. The largest absolute Gasteiger partial charge is 0.543 e. The molecule has 0 aliphatic carbocycles. The van der Waals surface area contributed by atoms with Crippen LogP contribution >= 0.6 is 0 Å². The predicted molar refractivity (Wildman–Crippen MR) is 165 cm³/mol. The van der Waals surface area contributed by atoms with E-state index in [1.807, 2.05) is 22.9 Å². The van der Waals surface area contributed by atoms with E-state index in [2.05, 4.69) is 39.0 Å². The van der Waals surface area contributed by atoms with E-state index in [9.17, 15) is 8.42 Å². The van der Waals surface area contributed by atoms with Crippen LogP contribution in [0.1, 0.15) is 59.5 Å². The van der Waals surface area contributed by atoms with Crippen molar-refractivity contribution in [1.29, 1.82) is 0 Å². The molecule has 240 valence electrons. The number of hydrogen-bond acceptors (Lipinski definition) is 9.